The summed E-state index contributed by atoms with van der Waals surface area (Å²) >= 11 is 3.92. The van der Waals surface area contributed by atoms with Gasteiger partial charge >= 0.3 is 0 Å². The lowest BCUT2D eigenvalue weighted by atomic mass is 9.62. The second-order valence-corrected chi connectivity index (χ2v) is 44.0. The first-order valence-electron chi connectivity index (χ1n) is 44.3. The third kappa shape index (κ3) is 20.0. The van der Waals surface area contributed by atoms with Crippen molar-refractivity contribution in [3.05, 3.63) is 186 Å². The van der Waals surface area contributed by atoms with Crippen LogP contribution in [0, 0.1) is 20.8 Å². The number of aryl methyl sites for hydroxylation is 3. The number of rotatable bonds is 18. The number of hydrogen-bond donors (Lipinski definition) is 6. The third-order valence-corrected chi connectivity index (χ3v) is 31.0. The van der Waals surface area contributed by atoms with Crippen LogP contribution in [0.4, 0.5) is 30.6 Å². The number of aromatic hydroxyl groups is 2. The van der Waals surface area contributed by atoms with Gasteiger partial charge in [0, 0.05) is 59.6 Å². The molecule has 21 nitrogen and oxygen atoms in total. The molecule has 5 aliphatic heterocycles. The molecular formula is C104H124N6O15S4. The molecule has 0 saturated carbocycles. The lowest BCUT2D eigenvalue weighted by molar-refractivity contribution is -0.119. The number of phenolic OH excluding ortho intramolecular Hbond substituents is 2. The van der Waals surface area contributed by atoms with E-state index in [1.165, 1.54) is 68.4 Å². The summed E-state index contributed by atoms with van der Waals surface area (Å²) in [5, 5.41) is 27.7. The number of carbonyl (C=O) groups is 8. The maximum absolute atomic E-state index is 12.2. The molecule has 4 saturated heterocycles. The van der Waals surface area contributed by atoms with E-state index in [-0.39, 0.29) is 94.3 Å². The Hall–Kier alpha value is -10.3. The topological polar surface area (TPSA) is 278 Å². The number of hydrogen-bond acceptors (Lipinski definition) is 21. The van der Waals surface area contributed by atoms with E-state index in [0.29, 0.717) is 63.8 Å². The molecule has 4 fully saturated rings. The minimum absolute atomic E-state index is 0.00298. The van der Waals surface area contributed by atoms with Gasteiger partial charge in [0.1, 0.15) is 40.2 Å². The van der Waals surface area contributed by atoms with Crippen molar-refractivity contribution >= 4 is 109 Å². The first-order valence-corrected chi connectivity index (χ1v) is 47.7. The van der Waals surface area contributed by atoms with Gasteiger partial charge in [-0.05, 0) is 306 Å². The van der Waals surface area contributed by atoms with E-state index >= 15 is 0 Å². The number of benzene rings is 8. The number of nitrogens with zero attached hydrogens (tertiary/aromatic N) is 2. The van der Waals surface area contributed by atoms with Crippen molar-refractivity contribution < 1.29 is 72.3 Å². The molecule has 8 aromatic carbocycles. The van der Waals surface area contributed by atoms with Crippen molar-refractivity contribution in [1.82, 2.24) is 21.3 Å². The first kappa shape index (κ1) is 96.2. The molecule has 5 heterocycles. The molecule has 8 amide bonds. The Morgan fingerprint density at radius 1 is 0.395 bits per heavy atom. The lowest BCUT2D eigenvalue weighted by Crippen LogP contribution is -2.46. The van der Waals surface area contributed by atoms with Crippen molar-refractivity contribution in [2.75, 3.05) is 58.4 Å². The molecule has 129 heavy (non-hydrogen) atoms. The molecule has 3 atom stereocenters. The summed E-state index contributed by atoms with van der Waals surface area (Å²) in [5.41, 5.74) is 25.4. The fraction of sp³-hybridized carbons (Fsp3) is 0.442. The van der Waals surface area contributed by atoms with Gasteiger partial charge in [0.25, 0.3) is 26.9 Å². The van der Waals surface area contributed by atoms with Crippen molar-refractivity contribution in [2.24, 2.45) is 0 Å². The van der Waals surface area contributed by atoms with Crippen molar-refractivity contribution in [3.63, 3.8) is 0 Å². The largest absolute Gasteiger partial charge is 0.508 e. The van der Waals surface area contributed by atoms with Crippen LogP contribution < -0.4 is 54.8 Å². The number of methoxy groups -OCH3 is 5. The summed E-state index contributed by atoms with van der Waals surface area (Å²) in [4.78, 5) is 100.0. The van der Waals surface area contributed by atoms with Crippen LogP contribution in [0.3, 0.4) is 0 Å². The quantitative estimate of drug-likeness (QED) is 0.0436. The zero-order chi connectivity index (χ0) is 94.0. The number of anilines is 2. The summed E-state index contributed by atoms with van der Waals surface area (Å²) in [6, 6.07) is 37.9. The summed E-state index contributed by atoms with van der Waals surface area (Å²) in [7, 11) is 8.21. The van der Waals surface area contributed by atoms with Gasteiger partial charge in [-0.3, -0.25) is 59.6 Å². The highest BCUT2D eigenvalue weighted by Crippen LogP contribution is 2.55. The Bertz CT molecular complexity index is 5880. The maximum atomic E-state index is 12.2. The molecule has 0 aromatic heterocycles. The Labute approximate surface area is 776 Å². The second kappa shape index (κ2) is 37.5. The minimum Gasteiger partial charge on any atom is -0.508 e. The standard InChI is InChI=1S/C27H33NO4S.C26H33N3O3S.C26H29NO4S.C25H29NO4S/c1-15-10-19-20(27(4,5)9-8-26(19,2)3)13-17(15)18-11-16(21(31-6)14-22(18)32-7)12-23-24(29)28-25(30)33-23;1-15(2)28-9-10-29(16(3)4)22-14-19(17(5)11-21(22)28)20-12-18(7-8-23(20)32-6)13-24-25(30)27-26(31)33-24;1-25(2)11-12-26(3,4)18-13-15(7-9-17(18)25)21-19(30-5)10-8-16(22(21)31-6)14-20-23(28)27-24(29)32-20;1-13-8-17-18(25(4,5)7-6-24(17,2)3)11-15(13)16-9-14(19(27)12-20(16)28)10-21-22(29)26-23(30)31-21/h10-11,13-14,23H,8-9,12H2,1-7H3,(H,28,29,30);7-8,11-12,14-16,24H,9-10,13H2,1-6H3,(H,27,30,31);7-10,13-14H,11-12H2,1-6H3,(H,27,28,29);8-9,11-12,21,27-28H,6-7,10H2,1-5H3,(H,26,29,30)/b;;20-14-;. The van der Waals surface area contributed by atoms with E-state index in [0.717, 1.165) is 159 Å². The third-order valence-electron chi connectivity index (χ3n) is 27.3. The van der Waals surface area contributed by atoms with Gasteiger partial charge in [-0.2, -0.15) is 0 Å². The van der Waals surface area contributed by atoms with E-state index in [9.17, 15) is 48.6 Å². The van der Waals surface area contributed by atoms with Crippen LogP contribution in [0.2, 0.25) is 0 Å². The number of fused-ring (bicyclic) bond motifs is 4. The number of imide groups is 4. The number of phenols is 2. The number of nitrogens with one attached hydrogen (secondary N) is 4. The molecule has 0 spiro atoms. The Kier molecular flexibility index (Phi) is 28.0. The Morgan fingerprint density at radius 3 is 1.27 bits per heavy atom. The SMILES string of the molecule is COc1cc(OC)c(-c2cc3c(cc2C)C(C)(C)CCC3(C)C)cc1CC1SC(=O)NC1=O.COc1ccc(/C=C2\SC(=O)NC2=O)c(OC)c1-c1ccc2c(c1)C(C)(C)CCC2(C)C.COc1ccc(CC2SC(=O)NC2=O)cc1-c1cc2c(cc1C)N(C(C)C)CCN2C(C)C.Cc1cc2c(cc1-c1cc(CC3SC(=O)NC3=O)c(O)cc1O)C(C)(C)CCC2(C)C. The minimum atomic E-state index is -0.583. The van der Waals surface area contributed by atoms with E-state index in [4.69, 9.17) is 23.7 Å². The van der Waals surface area contributed by atoms with Gasteiger partial charge < -0.3 is 43.7 Å². The van der Waals surface area contributed by atoms with Gasteiger partial charge in [-0.25, -0.2) is 0 Å². The van der Waals surface area contributed by atoms with Crippen molar-refractivity contribution in [2.45, 2.75) is 250 Å². The average Bonchev–Trinajstić information content (AvgIpc) is 0.811. The van der Waals surface area contributed by atoms with Crippen molar-refractivity contribution in [3.8, 4) is 84.8 Å². The normalized spacial score (nSPS) is 20.2. The molecule has 684 valence electrons. The smallest absolute Gasteiger partial charge is 0.290 e. The Morgan fingerprint density at radius 2 is 0.814 bits per heavy atom. The molecule has 3 unspecified atom stereocenters. The highest BCUT2D eigenvalue weighted by molar-refractivity contribution is 8.18. The monoisotopic (exact) mass is 1820 g/mol. The van der Waals surface area contributed by atoms with Gasteiger partial charge in [-0.15, -0.1) is 0 Å². The fourth-order valence-electron chi connectivity index (χ4n) is 19.3. The predicted molar refractivity (Wildman–Crippen MR) is 524 cm³/mol. The zero-order valence-corrected chi connectivity index (χ0v) is 82.1. The van der Waals surface area contributed by atoms with E-state index in [1.54, 1.807) is 47.7 Å². The number of carbonyl (C=O) groups excluding carboxylic acids is 8. The average molecular weight is 1830 g/mol. The zero-order valence-electron chi connectivity index (χ0n) is 78.9. The van der Waals surface area contributed by atoms with Crippen LogP contribution >= 0.6 is 47.0 Å². The predicted octanol–water partition coefficient (Wildman–Crippen LogP) is 22.3. The van der Waals surface area contributed by atoms with Crippen LogP contribution in [-0.4, -0.2) is 131 Å². The maximum Gasteiger partial charge on any atom is 0.290 e. The second-order valence-electron chi connectivity index (χ2n) is 39.5. The van der Waals surface area contributed by atoms with Crippen LogP contribution in [-0.2, 0) is 70.9 Å². The molecule has 6 N–H and O–H groups in total. The summed E-state index contributed by atoms with van der Waals surface area (Å²) in [5.74, 6) is 2.19. The van der Waals surface area contributed by atoms with Gasteiger partial charge in [0.15, 0.2) is 0 Å². The van der Waals surface area contributed by atoms with E-state index < -0.39 is 16.4 Å². The van der Waals surface area contributed by atoms with Crippen LogP contribution in [0.15, 0.2) is 114 Å². The highest BCUT2D eigenvalue weighted by Gasteiger charge is 2.43. The van der Waals surface area contributed by atoms with Crippen LogP contribution in [0.5, 0.6) is 40.2 Å². The number of thioether (sulfide) groups is 4. The van der Waals surface area contributed by atoms with Gasteiger partial charge in [0.05, 0.1) is 73.1 Å². The summed E-state index contributed by atoms with van der Waals surface area (Å²) in [6.45, 7) is 44.9. The highest BCUT2D eigenvalue weighted by atomic mass is 32.2. The van der Waals surface area contributed by atoms with E-state index in [1.807, 2.05) is 37.3 Å². The first-order chi connectivity index (χ1) is 60.6. The molecule has 25 heteroatoms. The molecule has 0 radical (unpaired) electrons. The van der Waals surface area contributed by atoms with Crippen LogP contribution in [0.1, 0.15) is 222 Å². The molecule has 0 bridgehead atoms. The summed E-state index contributed by atoms with van der Waals surface area (Å²) < 4.78 is 28.7. The molecule has 16 rings (SSSR count). The molecule has 8 aliphatic rings. The number of amides is 8. The van der Waals surface area contributed by atoms with E-state index in [2.05, 4.69) is 222 Å². The molecular weight excluding hydrogens is 1700 g/mol. The molecule has 3 aliphatic carbocycles. The van der Waals surface area contributed by atoms with Gasteiger partial charge in [-0.1, -0.05) is 155 Å². The lowest BCUT2D eigenvalue weighted by Gasteiger charge is -2.43. The summed E-state index contributed by atoms with van der Waals surface area (Å²) in [6.07, 6.45) is 9.61. The fourth-order valence-corrected chi connectivity index (χ4v) is 22.5. The van der Waals surface area contributed by atoms with Gasteiger partial charge in [0.2, 0.25) is 17.7 Å². The van der Waals surface area contributed by atoms with Crippen molar-refractivity contribution in [1.29, 1.82) is 0 Å². The number of ether oxygens (including phenoxy) is 5. The van der Waals surface area contributed by atoms with Crippen LogP contribution in [0.25, 0.3) is 50.6 Å². The molecule has 8 aromatic rings. The Balaban J connectivity index is 0.000000147.